The van der Waals surface area contributed by atoms with Crippen molar-refractivity contribution in [3.05, 3.63) is 59.8 Å². The molecule has 1 saturated carbocycles. The second-order valence-corrected chi connectivity index (χ2v) is 6.14. The van der Waals surface area contributed by atoms with E-state index >= 15 is 0 Å². The fraction of sp³-hybridized carbons (Fsp3) is 0.421. The highest BCUT2D eigenvalue weighted by molar-refractivity contribution is 14.0. The lowest BCUT2D eigenvalue weighted by Gasteiger charge is -2.17. The van der Waals surface area contributed by atoms with E-state index in [1.165, 1.54) is 31.7 Å². The lowest BCUT2D eigenvalue weighted by atomic mass is 10.2. The summed E-state index contributed by atoms with van der Waals surface area (Å²) in [5.41, 5.74) is 0.607. The number of furan rings is 1. The Morgan fingerprint density at radius 3 is 2.68 bits per heavy atom. The van der Waals surface area contributed by atoms with Crippen LogP contribution in [0.25, 0.3) is 0 Å². The van der Waals surface area contributed by atoms with Gasteiger partial charge >= 0.3 is 0 Å². The van der Waals surface area contributed by atoms with E-state index in [0.717, 1.165) is 24.7 Å². The summed E-state index contributed by atoms with van der Waals surface area (Å²) in [5.74, 6) is 1.48. The van der Waals surface area contributed by atoms with Crippen LogP contribution in [-0.2, 0) is 13.0 Å². The SMILES string of the molecule is Fc1ccccc1CN=C(NCCc1ccco1)NC1CCCC1.I. The maximum absolute atomic E-state index is 13.8. The molecule has 0 bridgehead atoms. The zero-order chi connectivity index (χ0) is 16.6. The first-order valence-corrected chi connectivity index (χ1v) is 8.62. The van der Waals surface area contributed by atoms with Crippen LogP contribution >= 0.6 is 24.0 Å². The second kappa shape index (κ2) is 10.4. The average molecular weight is 457 g/mol. The quantitative estimate of drug-likeness (QED) is 0.387. The molecular formula is C19H25FIN3O. The van der Waals surface area contributed by atoms with E-state index in [1.807, 2.05) is 18.2 Å². The first-order valence-electron chi connectivity index (χ1n) is 8.62. The molecule has 0 saturated heterocycles. The fourth-order valence-corrected chi connectivity index (χ4v) is 2.97. The van der Waals surface area contributed by atoms with E-state index in [9.17, 15) is 4.39 Å². The number of aliphatic imine (C=N–C) groups is 1. The van der Waals surface area contributed by atoms with E-state index < -0.39 is 0 Å². The van der Waals surface area contributed by atoms with Crippen LogP contribution in [0.15, 0.2) is 52.1 Å². The molecule has 6 heteroatoms. The fourth-order valence-electron chi connectivity index (χ4n) is 2.97. The Bertz CT molecular complexity index is 654. The zero-order valence-electron chi connectivity index (χ0n) is 14.2. The Morgan fingerprint density at radius 2 is 1.96 bits per heavy atom. The smallest absolute Gasteiger partial charge is 0.191 e. The predicted molar refractivity (Wildman–Crippen MR) is 109 cm³/mol. The van der Waals surface area contributed by atoms with Crippen molar-refractivity contribution >= 4 is 29.9 Å². The largest absolute Gasteiger partial charge is 0.469 e. The maximum atomic E-state index is 13.8. The van der Waals surface area contributed by atoms with Gasteiger partial charge in [-0.25, -0.2) is 9.38 Å². The normalized spacial score (nSPS) is 15.0. The Kier molecular flexibility index (Phi) is 8.24. The third-order valence-corrected chi connectivity index (χ3v) is 4.31. The van der Waals surface area contributed by atoms with Crippen LogP contribution in [0.2, 0.25) is 0 Å². The van der Waals surface area contributed by atoms with Crippen LogP contribution in [0.5, 0.6) is 0 Å². The molecule has 0 amide bonds. The molecule has 1 heterocycles. The molecular weight excluding hydrogens is 432 g/mol. The molecule has 25 heavy (non-hydrogen) atoms. The number of nitrogens with one attached hydrogen (secondary N) is 2. The highest BCUT2D eigenvalue weighted by atomic mass is 127. The van der Waals surface area contributed by atoms with Crippen LogP contribution in [-0.4, -0.2) is 18.5 Å². The van der Waals surface area contributed by atoms with E-state index in [1.54, 1.807) is 18.4 Å². The van der Waals surface area contributed by atoms with Crippen molar-refractivity contribution in [2.24, 2.45) is 4.99 Å². The first-order chi connectivity index (χ1) is 11.8. The summed E-state index contributed by atoms with van der Waals surface area (Å²) in [6.07, 6.45) is 7.31. The molecule has 0 unspecified atom stereocenters. The summed E-state index contributed by atoms with van der Waals surface area (Å²) in [4.78, 5) is 4.56. The van der Waals surface area contributed by atoms with Crippen molar-refractivity contribution in [2.45, 2.75) is 44.7 Å². The number of guanidine groups is 1. The van der Waals surface area contributed by atoms with Gasteiger partial charge in [0.1, 0.15) is 11.6 Å². The van der Waals surface area contributed by atoms with Crippen LogP contribution in [0.3, 0.4) is 0 Å². The molecule has 0 spiro atoms. The van der Waals surface area contributed by atoms with E-state index in [-0.39, 0.29) is 29.8 Å². The van der Waals surface area contributed by atoms with Crippen molar-refractivity contribution in [3.8, 4) is 0 Å². The monoisotopic (exact) mass is 457 g/mol. The van der Waals surface area contributed by atoms with Gasteiger partial charge in [-0.05, 0) is 31.0 Å². The van der Waals surface area contributed by atoms with Gasteiger partial charge in [-0.1, -0.05) is 31.0 Å². The minimum atomic E-state index is -0.211. The molecule has 3 rings (SSSR count). The first kappa shape index (κ1) is 19.8. The molecule has 0 aliphatic heterocycles. The Labute approximate surface area is 165 Å². The predicted octanol–water partition coefficient (Wildman–Crippen LogP) is 4.26. The molecule has 136 valence electrons. The summed E-state index contributed by atoms with van der Waals surface area (Å²) in [6, 6.07) is 11.1. The van der Waals surface area contributed by atoms with E-state index in [0.29, 0.717) is 18.2 Å². The molecule has 4 nitrogen and oxygen atoms in total. The average Bonchev–Trinajstić information content (AvgIpc) is 3.27. The summed E-state index contributed by atoms with van der Waals surface area (Å²) in [5, 5.41) is 6.80. The van der Waals surface area contributed by atoms with Crippen LogP contribution in [0, 0.1) is 5.82 Å². The summed E-state index contributed by atoms with van der Waals surface area (Å²) < 4.78 is 19.1. The highest BCUT2D eigenvalue weighted by Crippen LogP contribution is 2.17. The number of halogens is 2. The van der Waals surface area contributed by atoms with Gasteiger partial charge in [0, 0.05) is 24.6 Å². The van der Waals surface area contributed by atoms with Crippen LogP contribution in [0.1, 0.15) is 37.0 Å². The minimum Gasteiger partial charge on any atom is -0.469 e. The minimum absolute atomic E-state index is 0. The second-order valence-electron chi connectivity index (χ2n) is 6.14. The lowest BCUT2D eigenvalue weighted by Crippen LogP contribution is -2.43. The molecule has 2 N–H and O–H groups in total. The van der Waals surface area contributed by atoms with Crippen molar-refractivity contribution in [2.75, 3.05) is 6.54 Å². The zero-order valence-corrected chi connectivity index (χ0v) is 16.5. The topological polar surface area (TPSA) is 49.6 Å². The number of benzene rings is 1. The van der Waals surface area contributed by atoms with Gasteiger partial charge in [-0.3, -0.25) is 0 Å². The van der Waals surface area contributed by atoms with Crippen molar-refractivity contribution in [1.82, 2.24) is 10.6 Å². The van der Waals surface area contributed by atoms with Crippen molar-refractivity contribution in [1.29, 1.82) is 0 Å². The number of rotatable bonds is 6. The van der Waals surface area contributed by atoms with Gasteiger partial charge in [0.25, 0.3) is 0 Å². The molecule has 2 aromatic rings. The molecule has 1 aliphatic rings. The molecule has 1 aromatic carbocycles. The molecule has 0 radical (unpaired) electrons. The van der Waals surface area contributed by atoms with E-state index in [4.69, 9.17) is 4.42 Å². The van der Waals surface area contributed by atoms with Gasteiger partial charge in [0.05, 0.1) is 12.8 Å². The third kappa shape index (κ3) is 6.34. The molecule has 1 fully saturated rings. The summed E-state index contributed by atoms with van der Waals surface area (Å²) in [7, 11) is 0. The van der Waals surface area contributed by atoms with E-state index in [2.05, 4.69) is 15.6 Å². The molecule has 1 aliphatic carbocycles. The van der Waals surface area contributed by atoms with Gasteiger partial charge in [-0.2, -0.15) is 0 Å². The number of nitrogens with zero attached hydrogens (tertiary/aromatic N) is 1. The Balaban J connectivity index is 0.00000225. The number of hydrogen-bond donors (Lipinski definition) is 2. The standard InChI is InChI=1S/C19H24FN3O.HI/c20-18-10-4-1-6-15(18)14-22-19(23-16-7-2-3-8-16)21-12-11-17-9-5-13-24-17;/h1,4-6,9-10,13,16H,2-3,7-8,11-12,14H2,(H2,21,22,23);1H. The van der Waals surface area contributed by atoms with Gasteiger partial charge < -0.3 is 15.1 Å². The van der Waals surface area contributed by atoms with Crippen molar-refractivity contribution in [3.63, 3.8) is 0 Å². The highest BCUT2D eigenvalue weighted by Gasteiger charge is 2.16. The lowest BCUT2D eigenvalue weighted by molar-refractivity contribution is 0.506. The van der Waals surface area contributed by atoms with Gasteiger partial charge in [0.2, 0.25) is 0 Å². The van der Waals surface area contributed by atoms with Crippen LogP contribution < -0.4 is 10.6 Å². The Hall–Kier alpha value is -1.57. The summed E-state index contributed by atoms with van der Waals surface area (Å²) in [6.45, 7) is 1.05. The number of hydrogen-bond acceptors (Lipinski definition) is 2. The van der Waals surface area contributed by atoms with Gasteiger partial charge in [-0.15, -0.1) is 24.0 Å². The third-order valence-electron chi connectivity index (χ3n) is 4.31. The Morgan fingerprint density at radius 1 is 1.16 bits per heavy atom. The van der Waals surface area contributed by atoms with Gasteiger partial charge in [0.15, 0.2) is 5.96 Å². The summed E-state index contributed by atoms with van der Waals surface area (Å²) >= 11 is 0. The van der Waals surface area contributed by atoms with Crippen LogP contribution in [0.4, 0.5) is 4.39 Å². The maximum Gasteiger partial charge on any atom is 0.191 e. The van der Waals surface area contributed by atoms with Crippen molar-refractivity contribution < 1.29 is 8.81 Å². The molecule has 1 aromatic heterocycles. The molecule has 0 atom stereocenters.